The van der Waals surface area contributed by atoms with Gasteiger partial charge in [0.15, 0.2) is 0 Å². The van der Waals surface area contributed by atoms with Crippen LogP contribution < -0.4 is 5.32 Å². The lowest BCUT2D eigenvalue weighted by molar-refractivity contribution is 0.270. The van der Waals surface area contributed by atoms with E-state index in [1.165, 1.54) is 0 Å². The first-order valence-corrected chi connectivity index (χ1v) is 4.59. The lowest BCUT2D eigenvalue weighted by Crippen LogP contribution is -2.02. The summed E-state index contributed by atoms with van der Waals surface area (Å²) in [5, 5.41) is 2.26. The first kappa shape index (κ1) is 9.61. The summed E-state index contributed by atoms with van der Waals surface area (Å²) in [6.07, 6.45) is 0. The molecule has 0 unspecified atom stereocenters. The molecule has 1 aromatic rings. The highest BCUT2D eigenvalue weighted by atomic mass is 79.9. The largest absolute Gasteiger partial charge is 0.317 e. The first-order chi connectivity index (χ1) is 5.59. The third kappa shape index (κ3) is 2.53. The molecule has 4 heteroatoms. The molecule has 1 N–H and O–H groups in total. The lowest BCUT2D eigenvalue weighted by atomic mass is 10.2. The van der Waals surface area contributed by atoms with Gasteiger partial charge in [0.25, 0.3) is 5.24 Å². The van der Waals surface area contributed by atoms with E-state index in [1.54, 1.807) is 0 Å². The summed E-state index contributed by atoms with van der Waals surface area (Å²) < 4.78 is 0.935. The zero-order valence-electron chi connectivity index (χ0n) is 6.47. The molecule has 0 saturated carbocycles. The highest BCUT2D eigenvalue weighted by Gasteiger charge is 2.00. The molecular weight excluding hydrogens is 238 g/mol. The number of hydrogen-bond donors (Lipinski definition) is 2. The Morgan fingerprint density at radius 3 is 2.83 bits per heavy atom. The minimum atomic E-state index is -0.351. The molecule has 1 amide bonds. The zero-order valence-corrected chi connectivity index (χ0v) is 8.95. The van der Waals surface area contributed by atoms with Gasteiger partial charge in [-0.15, -0.1) is 0 Å². The first-order valence-electron chi connectivity index (χ1n) is 3.35. The fourth-order valence-corrected chi connectivity index (χ4v) is 1.33. The second-order valence-electron chi connectivity index (χ2n) is 2.39. The van der Waals surface area contributed by atoms with Crippen molar-refractivity contribution in [2.24, 2.45) is 0 Å². The number of benzene rings is 1. The van der Waals surface area contributed by atoms with Crippen LogP contribution in [-0.2, 0) is 0 Å². The fraction of sp³-hybridized carbons (Fsp3) is 0.125. The van der Waals surface area contributed by atoms with Crippen LogP contribution in [0.2, 0.25) is 0 Å². The Morgan fingerprint density at radius 1 is 1.58 bits per heavy atom. The van der Waals surface area contributed by atoms with Crippen molar-refractivity contribution in [3.8, 4) is 0 Å². The molecule has 0 aliphatic heterocycles. The van der Waals surface area contributed by atoms with Crippen molar-refractivity contribution in [3.05, 3.63) is 28.2 Å². The van der Waals surface area contributed by atoms with Crippen LogP contribution >= 0.6 is 28.6 Å². The number of carbonyl (C=O) groups is 1. The molecule has 0 aliphatic carbocycles. The number of hydrogen-bond acceptors (Lipinski definition) is 1. The number of rotatable bonds is 1. The monoisotopic (exact) mass is 245 g/mol. The minimum absolute atomic E-state index is 0.351. The molecule has 64 valence electrons. The zero-order chi connectivity index (χ0) is 9.14. The van der Waals surface area contributed by atoms with Crippen molar-refractivity contribution in [1.82, 2.24) is 0 Å². The van der Waals surface area contributed by atoms with Crippen LogP contribution in [0.1, 0.15) is 5.56 Å². The molecule has 0 bridgehead atoms. The summed E-state index contributed by atoms with van der Waals surface area (Å²) in [5.41, 5.74) is 1.80. The number of aryl methyl sites for hydroxylation is 1. The van der Waals surface area contributed by atoms with Gasteiger partial charge in [0.05, 0.1) is 0 Å². The van der Waals surface area contributed by atoms with E-state index in [-0.39, 0.29) is 5.24 Å². The van der Waals surface area contributed by atoms with E-state index in [9.17, 15) is 4.79 Å². The van der Waals surface area contributed by atoms with E-state index in [0.29, 0.717) is 0 Å². The average molecular weight is 246 g/mol. The smallest absolute Gasteiger partial charge is 0.280 e. The Morgan fingerprint density at radius 2 is 2.25 bits per heavy atom. The highest BCUT2D eigenvalue weighted by Crippen LogP contribution is 2.20. The maximum Gasteiger partial charge on any atom is 0.280 e. The van der Waals surface area contributed by atoms with Gasteiger partial charge in [0.2, 0.25) is 0 Å². The van der Waals surface area contributed by atoms with Crippen LogP contribution in [0.4, 0.5) is 10.5 Å². The van der Waals surface area contributed by atoms with Gasteiger partial charge in [-0.2, -0.15) is 0 Å². The Kier molecular flexibility index (Phi) is 3.17. The van der Waals surface area contributed by atoms with Gasteiger partial charge < -0.3 is 5.32 Å². The molecule has 0 aromatic heterocycles. The van der Waals surface area contributed by atoms with E-state index in [4.69, 9.17) is 0 Å². The van der Waals surface area contributed by atoms with Crippen LogP contribution in [0, 0.1) is 6.92 Å². The summed E-state index contributed by atoms with van der Waals surface area (Å²) in [5.74, 6) is 0. The maximum absolute atomic E-state index is 10.6. The molecule has 0 spiro atoms. The molecule has 0 heterocycles. The van der Waals surface area contributed by atoms with Gasteiger partial charge in [0, 0.05) is 10.2 Å². The predicted molar refractivity (Wildman–Crippen MR) is 56.9 cm³/mol. The molecule has 0 radical (unpaired) electrons. The molecule has 0 fully saturated rings. The van der Waals surface area contributed by atoms with Gasteiger partial charge in [-0.05, 0) is 24.6 Å². The standard InChI is InChI=1S/C8H8BrNOS/c1-5-2-3-6(9)4-7(5)10-8(11)12/h2-4H,1H3,(H2,10,11,12). The third-order valence-corrected chi connectivity index (χ3v) is 2.05. The van der Waals surface area contributed by atoms with Gasteiger partial charge in [0.1, 0.15) is 0 Å². The Balaban J connectivity index is 2.97. The van der Waals surface area contributed by atoms with Gasteiger partial charge >= 0.3 is 0 Å². The Bertz CT molecular complexity index is 314. The molecule has 0 atom stereocenters. The normalized spacial score (nSPS) is 9.58. The molecule has 0 aliphatic rings. The summed E-state index contributed by atoms with van der Waals surface area (Å²) >= 11 is 6.94. The number of halogens is 1. The van der Waals surface area contributed by atoms with Crippen molar-refractivity contribution in [3.63, 3.8) is 0 Å². The minimum Gasteiger partial charge on any atom is -0.317 e. The number of anilines is 1. The van der Waals surface area contributed by atoms with E-state index in [0.717, 1.165) is 15.7 Å². The van der Waals surface area contributed by atoms with E-state index >= 15 is 0 Å². The number of amides is 1. The van der Waals surface area contributed by atoms with Crippen LogP contribution in [0.15, 0.2) is 22.7 Å². The summed E-state index contributed by atoms with van der Waals surface area (Å²) in [6, 6.07) is 5.68. The molecular formula is C8H8BrNOS. The van der Waals surface area contributed by atoms with E-state index in [2.05, 4.69) is 33.9 Å². The lowest BCUT2D eigenvalue weighted by Gasteiger charge is -2.05. The van der Waals surface area contributed by atoms with E-state index in [1.807, 2.05) is 25.1 Å². The van der Waals surface area contributed by atoms with Gasteiger partial charge in [-0.3, -0.25) is 4.79 Å². The van der Waals surface area contributed by atoms with Crippen molar-refractivity contribution < 1.29 is 4.79 Å². The predicted octanol–water partition coefficient (Wildman–Crippen LogP) is 3.22. The SMILES string of the molecule is Cc1ccc(Br)cc1NC(=O)S. The molecule has 12 heavy (non-hydrogen) atoms. The van der Waals surface area contributed by atoms with Crippen LogP contribution in [-0.4, -0.2) is 5.24 Å². The van der Waals surface area contributed by atoms with Crippen LogP contribution in [0.25, 0.3) is 0 Å². The summed E-state index contributed by atoms with van der Waals surface area (Å²) in [4.78, 5) is 10.6. The Labute approximate surface area is 84.9 Å². The van der Waals surface area contributed by atoms with Crippen molar-refractivity contribution in [1.29, 1.82) is 0 Å². The molecule has 0 saturated heterocycles. The van der Waals surface area contributed by atoms with Crippen LogP contribution in [0.5, 0.6) is 0 Å². The summed E-state index contributed by atoms with van der Waals surface area (Å²) in [7, 11) is 0. The second kappa shape index (κ2) is 3.96. The summed E-state index contributed by atoms with van der Waals surface area (Å²) in [6.45, 7) is 1.92. The number of thiol groups is 1. The third-order valence-electron chi connectivity index (χ3n) is 1.44. The fourth-order valence-electron chi connectivity index (χ4n) is 0.844. The van der Waals surface area contributed by atoms with Crippen molar-refractivity contribution in [2.75, 3.05) is 5.32 Å². The number of nitrogens with one attached hydrogen (secondary N) is 1. The quantitative estimate of drug-likeness (QED) is 0.732. The van der Waals surface area contributed by atoms with Crippen molar-refractivity contribution in [2.45, 2.75) is 6.92 Å². The molecule has 2 nitrogen and oxygen atoms in total. The number of carbonyl (C=O) groups excluding carboxylic acids is 1. The average Bonchev–Trinajstić information content (AvgIpc) is 1.96. The topological polar surface area (TPSA) is 29.1 Å². The van der Waals surface area contributed by atoms with E-state index < -0.39 is 0 Å². The van der Waals surface area contributed by atoms with Crippen LogP contribution in [0.3, 0.4) is 0 Å². The second-order valence-corrected chi connectivity index (χ2v) is 3.71. The van der Waals surface area contributed by atoms with Gasteiger partial charge in [-0.25, -0.2) is 0 Å². The Hall–Kier alpha value is -0.480. The molecule has 1 aromatic carbocycles. The van der Waals surface area contributed by atoms with Gasteiger partial charge in [-0.1, -0.05) is 34.6 Å². The molecule has 1 rings (SSSR count). The highest BCUT2D eigenvalue weighted by molar-refractivity contribution is 9.10. The van der Waals surface area contributed by atoms with Crippen molar-refractivity contribution >= 4 is 39.5 Å². The maximum atomic E-state index is 10.6.